The van der Waals surface area contributed by atoms with E-state index in [9.17, 15) is 10.1 Å². The second-order valence-electron chi connectivity index (χ2n) is 6.11. The van der Waals surface area contributed by atoms with E-state index in [4.69, 9.17) is 9.47 Å². The number of amides is 1. The molecule has 2 rings (SSSR count). The van der Waals surface area contributed by atoms with Gasteiger partial charge in [-0.05, 0) is 44.0 Å². The van der Waals surface area contributed by atoms with Crippen molar-refractivity contribution in [3.8, 4) is 17.6 Å². The second kappa shape index (κ2) is 8.77. The molecule has 0 aromatic heterocycles. The summed E-state index contributed by atoms with van der Waals surface area (Å²) in [5, 5.41) is 15.2. The first-order chi connectivity index (χ1) is 12.9. The predicted molar refractivity (Wildman–Crippen MR) is 106 cm³/mol. The predicted octanol–water partition coefficient (Wildman–Crippen LogP) is 4.09. The molecule has 0 spiro atoms. The molecule has 0 atom stereocenters. The summed E-state index contributed by atoms with van der Waals surface area (Å²) in [6.07, 6.45) is 1.35. The van der Waals surface area contributed by atoms with Crippen LogP contribution in [0.3, 0.4) is 0 Å². The van der Waals surface area contributed by atoms with E-state index in [1.165, 1.54) is 13.3 Å². The fraction of sp³-hybridized carbons (Fsp3) is 0.238. The van der Waals surface area contributed by atoms with Crippen molar-refractivity contribution in [1.82, 2.24) is 0 Å². The number of carbonyl (C=O) groups is 1. The van der Waals surface area contributed by atoms with Gasteiger partial charge >= 0.3 is 0 Å². The van der Waals surface area contributed by atoms with Gasteiger partial charge in [-0.25, -0.2) is 0 Å². The number of anilines is 2. The summed E-state index contributed by atoms with van der Waals surface area (Å²) >= 11 is 0. The van der Waals surface area contributed by atoms with E-state index in [1.807, 2.05) is 39.0 Å². The molecular weight excluding hydrogens is 342 g/mol. The van der Waals surface area contributed by atoms with Crippen LogP contribution in [0.5, 0.6) is 11.5 Å². The molecule has 0 aliphatic heterocycles. The molecule has 2 aromatic rings. The molecule has 2 N–H and O–H groups in total. The Morgan fingerprint density at radius 3 is 2.30 bits per heavy atom. The highest BCUT2D eigenvalue weighted by atomic mass is 16.5. The number of hydrogen-bond donors (Lipinski definition) is 2. The standard InChI is InChI=1S/C21H23N3O3/c1-13-8-14(2)20(15(3)9-13)24-21(25)16(11-22)12-23-18-10-17(26-4)6-7-19(18)27-5/h6-10,12,23H,1-5H3,(H,24,25)/b16-12-. The van der Waals surface area contributed by atoms with E-state index in [0.717, 1.165) is 16.7 Å². The Balaban J connectivity index is 2.24. The number of aryl methyl sites for hydroxylation is 3. The maximum atomic E-state index is 12.5. The highest BCUT2D eigenvalue weighted by molar-refractivity contribution is 6.07. The minimum Gasteiger partial charge on any atom is -0.497 e. The number of nitriles is 1. The number of nitrogens with one attached hydrogen (secondary N) is 2. The van der Waals surface area contributed by atoms with Gasteiger partial charge in [0.1, 0.15) is 23.1 Å². The van der Waals surface area contributed by atoms with Crippen LogP contribution < -0.4 is 20.1 Å². The zero-order chi connectivity index (χ0) is 20.0. The lowest BCUT2D eigenvalue weighted by atomic mass is 10.0. The summed E-state index contributed by atoms with van der Waals surface area (Å²) in [6, 6.07) is 11.1. The quantitative estimate of drug-likeness (QED) is 0.595. The zero-order valence-electron chi connectivity index (χ0n) is 16.1. The smallest absolute Gasteiger partial charge is 0.267 e. The average molecular weight is 365 g/mol. The Morgan fingerprint density at radius 1 is 1.07 bits per heavy atom. The lowest BCUT2D eigenvalue weighted by molar-refractivity contribution is -0.112. The normalized spacial score (nSPS) is 10.7. The molecule has 0 radical (unpaired) electrons. The van der Waals surface area contributed by atoms with E-state index >= 15 is 0 Å². The van der Waals surface area contributed by atoms with E-state index in [-0.39, 0.29) is 5.57 Å². The molecule has 0 saturated heterocycles. The lowest BCUT2D eigenvalue weighted by Crippen LogP contribution is -2.16. The minimum absolute atomic E-state index is 0.0563. The van der Waals surface area contributed by atoms with Crippen molar-refractivity contribution in [2.75, 3.05) is 24.9 Å². The summed E-state index contributed by atoms with van der Waals surface area (Å²) in [6.45, 7) is 5.84. The molecule has 27 heavy (non-hydrogen) atoms. The van der Waals surface area contributed by atoms with Gasteiger partial charge in [-0.15, -0.1) is 0 Å². The number of rotatable bonds is 6. The van der Waals surface area contributed by atoms with Crippen LogP contribution in [-0.4, -0.2) is 20.1 Å². The molecule has 1 amide bonds. The van der Waals surface area contributed by atoms with Gasteiger partial charge in [0.25, 0.3) is 5.91 Å². The van der Waals surface area contributed by atoms with Gasteiger partial charge in [0.15, 0.2) is 0 Å². The molecule has 2 aromatic carbocycles. The highest BCUT2D eigenvalue weighted by Gasteiger charge is 2.13. The van der Waals surface area contributed by atoms with E-state index in [0.29, 0.717) is 22.9 Å². The van der Waals surface area contributed by atoms with Crippen molar-refractivity contribution in [3.05, 3.63) is 58.8 Å². The van der Waals surface area contributed by atoms with E-state index in [1.54, 1.807) is 25.3 Å². The van der Waals surface area contributed by atoms with Crippen LogP contribution in [0.2, 0.25) is 0 Å². The minimum atomic E-state index is -0.484. The van der Waals surface area contributed by atoms with Gasteiger partial charge in [-0.2, -0.15) is 5.26 Å². The number of carbonyl (C=O) groups excluding carboxylic acids is 1. The molecular formula is C21H23N3O3. The number of hydrogen-bond acceptors (Lipinski definition) is 5. The Bertz CT molecular complexity index is 904. The molecule has 140 valence electrons. The third-order valence-electron chi connectivity index (χ3n) is 4.06. The van der Waals surface area contributed by atoms with Gasteiger partial charge in [0.05, 0.1) is 19.9 Å². The molecule has 0 aliphatic rings. The largest absolute Gasteiger partial charge is 0.497 e. The summed E-state index contributed by atoms with van der Waals surface area (Å²) in [5.41, 5.74) is 4.25. The van der Waals surface area contributed by atoms with Crippen LogP contribution in [0.4, 0.5) is 11.4 Å². The van der Waals surface area contributed by atoms with Crippen molar-refractivity contribution < 1.29 is 14.3 Å². The molecule has 6 nitrogen and oxygen atoms in total. The Labute approximate surface area is 159 Å². The molecule has 0 unspecified atom stereocenters. The van der Waals surface area contributed by atoms with Crippen molar-refractivity contribution in [2.45, 2.75) is 20.8 Å². The first-order valence-electron chi connectivity index (χ1n) is 8.37. The topological polar surface area (TPSA) is 83.4 Å². The monoisotopic (exact) mass is 365 g/mol. The first-order valence-corrected chi connectivity index (χ1v) is 8.37. The molecule has 0 heterocycles. The van der Waals surface area contributed by atoms with Crippen molar-refractivity contribution in [3.63, 3.8) is 0 Å². The SMILES string of the molecule is COc1ccc(OC)c(N/C=C(/C#N)C(=O)Nc2c(C)cc(C)cc2C)c1. The van der Waals surface area contributed by atoms with E-state index in [2.05, 4.69) is 10.6 Å². The van der Waals surface area contributed by atoms with Crippen molar-refractivity contribution in [1.29, 1.82) is 5.26 Å². The van der Waals surface area contributed by atoms with Gasteiger partial charge < -0.3 is 20.1 Å². The summed E-state index contributed by atoms with van der Waals surface area (Å²) in [4.78, 5) is 12.5. The van der Waals surface area contributed by atoms with Crippen LogP contribution in [0.25, 0.3) is 0 Å². The molecule has 0 aliphatic carbocycles. The van der Waals surface area contributed by atoms with Crippen molar-refractivity contribution >= 4 is 17.3 Å². The lowest BCUT2D eigenvalue weighted by Gasteiger charge is -2.13. The Kier molecular flexibility index (Phi) is 6.45. The van der Waals surface area contributed by atoms with Crippen LogP contribution in [0.1, 0.15) is 16.7 Å². The van der Waals surface area contributed by atoms with Gasteiger partial charge in [0, 0.05) is 18.0 Å². The summed E-state index contributed by atoms with van der Waals surface area (Å²) in [7, 11) is 3.10. The van der Waals surface area contributed by atoms with Crippen LogP contribution >= 0.6 is 0 Å². The third kappa shape index (κ3) is 4.79. The fourth-order valence-corrected chi connectivity index (χ4v) is 2.78. The maximum Gasteiger partial charge on any atom is 0.267 e. The molecule has 0 saturated carbocycles. The highest BCUT2D eigenvalue weighted by Crippen LogP contribution is 2.29. The first kappa shape index (κ1) is 19.9. The summed E-state index contributed by atoms with van der Waals surface area (Å²) in [5.74, 6) is 0.706. The van der Waals surface area contributed by atoms with Crippen molar-refractivity contribution in [2.24, 2.45) is 0 Å². The second-order valence-corrected chi connectivity index (χ2v) is 6.11. The molecule has 0 bridgehead atoms. The van der Waals surface area contributed by atoms with Crippen LogP contribution in [-0.2, 0) is 4.79 Å². The van der Waals surface area contributed by atoms with Gasteiger partial charge in [-0.3, -0.25) is 4.79 Å². The number of methoxy groups -OCH3 is 2. The Hall–Kier alpha value is -3.46. The number of benzene rings is 2. The van der Waals surface area contributed by atoms with Gasteiger partial charge in [-0.1, -0.05) is 17.7 Å². The zero-order valence-corrected chi connectivity index (χ0v) is 16.1. The summed E-state index contributed by atoms with van der Waals surface area (Å²) < 4.78 is 10.5. The molecule has 0 fully saturated rings. The Morgan fingerprint density at radius 2 is 1.74 bits per heavy atom. The van der Waals surface area contributed by atoms with E-state index < -0.39 is 5.91 Å². The number of ether oxygens (including phenoxy) is 2. The van der Waals surface area contributed by atoms with Gasteiger partial charge in [0.2, 0.25) is 0 Å². The average Bonchev–Trinajstić information content (AvgIpc) is 2.64. The van der Waals surface area contributed by atoms with Crippen LogP contribution in [0.15, 0.2) is 42.1 Å². The number of nitrogens with zero attached hydrogens (tertiary/aromatic N) is 1. The molecule has 6 heteroatoms. The maximum absolute atomic E-state index is 12.5. The fourth-order valence-electron chi connectivity index (χ4n) is 2.78. The van der Waals surface area contributed by atoms with Crippen LogP contribution in [0, 0.1) is 32.1 Å². The third-order valence-corrected chi connectivity index (χ3v) is 4.06.